The van der Waals surface area contributed by atoms with Crippen molar-refractivity contribution in [3.63, 3.8) is 0 Å². The van der Waals surface area contributed by atoms with Crippen LogP contribution < -0.4 is 4.90 Å². The Morgan fingerprint density at radius 2 is 1.52 bits per heavy atom. The molecule has 5 rings (SSSR count). The molecule has 1 unspecified atom stereocenters. The third-order valence-electron chi connectivity index (χ3n) is 6.07. The van der Waals surface area contributed by atoms with Gasteiger partial charge in [-0.1, -0.05) is 54.6 Å². The molecule has 0 radical (unpaired) electrons. The van der Waals surface area contributed by atoms with Gasteiger partial charge < -0.3 is 4.90 Å². The van der Waals surface area contributed by atoms with E-state index in [1.165, 1.54) is 18.2 Å². The van der Waals surface area contributed by atoms with Crippen molar-refractivity contribution in [2.75, 3.05) is 11.4 Å². The number of nitrogens with zero attached hydrogens (tertiary/aromatic N) is 2. The Morgan fingerprint density at radius 3 is 2.29 bits per heavy atom. The Labute approximate surface area is 180 Å². The van der Waals surface area contributed by atoms with E-state index in [9.17, 15) is 17.6 Å². The largest absolute Gasteiger partial charge is 0.310 e. The summed E-state index contributed by atoms with van der Waals surface area (Å²) in [6, 6.07) is 19.5. The number of halogens is 1. The lowest BCUT2D eigenvalue weighted by molar-refractivity contribution is -0.122. The molecule has 0 bridgehead atoms. The van der Waals surface area contributed by atoms with E-state index in [0.717, 1.165) is 39.2 Å². The summed E-state index contributed by atoms with van der Waals surface area (Å²) in [5, 5.41) is 0. The molecule has 0 saturated heterocycles. The molecule has 3 aromatic carbocycles. The Morgan fingerprint density at radius 1 is 0.871 bits per heavy atom. The number of hydrogen-bond donors (Lipinski definition) is 0. The van der Waals surface area contributed by atoms with Gasteiger partial charge in [-0.15, -0.1) is 0 Å². The highest BCUT2D eigenvalue weighted by molar-refractivity contribution is 7.89. The molecule has 1 atom stereocenters. The summed E-state index contributed by atoms with van der Waals surface area (Å²) in [5.74, 6) is -1.10. The van der Waals surface area contributed by atoms with Crippen molar-refractivity contribution >= 4 is 21.6 Å². The SMILES string of the molecule is O=C(C1Cc2ccccc2CN1S(=O)(=O)c1ccccc1F)N1CCc2ccccc21. The van der Waals surface area contributed by atoms with Crippen molar-refractivity contribution < 1.29 is 17.6 Å². The predicted molar refractivity (Wildman–Crippen MR) is 116 cm³/mol. The topological polar surface area (TPSA) is 57.7 Å². The van der Waals surface area contributed by atoms with Gasteiger partial charge in [0.05, 0.1) is 0 Å². The number of rotatable bonds is 3. The minimum atomic E-state index is -4.23. The van der Waals surface area contributed by atoms with Gasteiger partial charge in [0.15, 0.2) is 0 Å². The second-order valence-electron chi connectivity index (χ2n) is 7.84. The molecule has 0 aromatic heterocycles. The maximum absolute atomic E-state index is 14.5. The normalized spacial score (nSPS) is 18.5. The molecule has 2 heterocycles. The van der Waals surface area contributed by atoms with Crippen molar-refractivity contribution in [1.29, 1.82) is 0 Å². The molecule has 2 aliphatic rings. The lowest BCUT2D eigenvalue weighted by Gasteiger charge is -2.37. The molecule has 0 aliphatic carbocycles. The molecule has 0 saturated carbocycles. The van der Waals surface area contributed by atoms with Crippen LogP contribution in [0, 0.1) is 5.82 Å². The summed E-state index contributed by atoms with van der Waals surface area (Å²) < 4.78 is 42.6. The molecular formula is C24H21FN2O3S. The number of carbonyl (C=O) groups is 1. The van der Waals surface area contributed by atoms with E-state index >= 15 is 0 Å². The van der Waals surface area contributed by atoms with E-state index in [0.29, 0.717) is 6.54 Å². The lowest BCUT2D eigenvalue weighted by atomic mass is 9.95. The fraction of sp³-hybridized carbons (Fsp3) is 0.208. The predicted octanol–water partition coefficient (Wildman–Crippen LogP) is 3.53. The van der Waals surface area contributed by atoms with Crippen LogP contribution in [-0.4, -0.2) is 31.2 Å². The molecule has 0 N–H and O–H groups in total. The van der Waals surface area contributed by atoms with Gasteiger partial charge in [-0.3, -0.25) is 4.79 Å². The Bertz CT molecular complexity index is 1280. The van der Waals surface area contributed by atoms with Crippen molar-refractivity contribution in [1.82, 2.24) is 4.31 Å². The van der Waals surface area contributed by atoms with Crippen LogP contribution in [0.2, 0.25) is 0 Å². The third kappa shape index (κ3) is 3.34. The third-order valence-corrected chi connectivity index (χ3v) is 7.95. The van der Waals surface area contributed by atoms with Gasteiger partial charge in [-0.25, -0.2) is 12.8 Å². The first-order valence-corrected chi connectivity index (χ1v) is 11.6. The molecule has 5 nitrogen and oxygen atoms in total. The average molecular weight is 437 g/mol. The molecule has 0 fully saturated rings. The van der Waals surface area contributed by atoms with Gasteiger partial charge in [-0.05, 0) is 47.7 Å². The first-order valence-electron chi connectivity index (χ1n) is 10.2. The number of hydrogen-bond acceptors (Lipinski definition) is 3. The van der Waals surface area contributed by atoms with Gasteiger partial charge in [0.1, 0.15) is 16.8 Å². The lowest BCUT2D eigenvalue weighted by Crippen LogP contribution is -2.53. The molecule has 31 heavy (non-hydrogen) atoms. The number of amides is 1. The first-order chi connectivity index (χ1) is 15.0. The molecule has 3 aromatic rings. The molecular weight excluding hydrogens is 415 g/mol. The molecule has 0 spiro atoms. The van der Waals surface area contributed by atoms with Crippen LogP contribution >= 0.6 is 0 Å². The minimum absolute atomic E-state index is 0.0265. The van der Waals surface area contributed by atoms with Crippen LogP contribution in [0.4, 0.5) is 10.1 Å². The second-order valence-corrected chi connectivity index (χ2v) is 9.70. The zero-order valence-corrected chi connectivity index (χ0v) is 17.6. The van der Waals surface area contributed by atoms with Crippen LogP contribution in [0.1, 0.15) is 16.7 Å². The monoisotopic (exact) mass is 436 g/mol. The van der Waals surface area contributed by atoms with Crippen LogP contribution in [0.15, 0.2) is 77.7 Å². The highest BCUT2D eigenvalue weighted by Gasteiger charge is 2.43. The van der Waals surface area contributed by atoms with Gasteiger partial charge in [-0.2, -0.15) is 4.31 Å². The molecule has 2 aliphatic heterocycles. The molecule has 7 heteroatoms. The maximum Gasteiger partial charge on any atom is 0.247 e. The van der Waals surface area contributed by atoms with Gasteiger partial charge in [0.2, 0.25) is 15.9 Å². The summed E-state index contributed by atoms with van der Waals surface area (Å²) in [6.45, 7) is 0.530. The summed E-state index contributed by atoms with van der Waals surface area (Å²) in [7, 11) is -4.23. The zero-order chi connectivity index (χ0) is 21.6. The highest BCUT2D eigenvalue weighted by atomic mass is 32.2. The number of para-hydroxylation sites is 1. The molecule has 158 valence electrons. The van der Waals surface area contributed by atoms with E-state index in [-0.39, 0.29) is 18.9 Å². The van der Waals surface area contributed by atoms with E-state index in [2.05, 4.69) is 0 Å². The summed E-state index contributed by atoms with van der Waals surface area (Å²) >= 11 is 0. The zero-order valence-electron chi connectivity index (χ0n) is 16.7. The van der Waals surface area contributed by atoms with Crippen LogP contribution in [0.5, 0.6) is 0 Å². The van der Waals surface area contributed by atoms with Crippen LogP contribution in [0.25, 0.3) is 0 Å². The molecule has 1 amide bonds. The summed E-state index contributed by atoms with van der Waals surface area (Å²) in [6.07, 6.45) is 0.979. The standard InChI is InChI=1S/C24H21FN2O3S/c25-20-10-4-6-12-23(20)31(29,30)27-16-19-9-2-1-8-18(19)15-22(27)24(28)26-14-13-17-7-3-5-11-21(17)26/h1-12,22H,13-16H2. The maximum atomic E-state index is 14.5. The van der Waals surface area contributed by atoms with Gasteiger partial charge in [0, 0.05) is 18.8 Å². The quantitative estimate of drug-likeness (QED) is 0.631. The minimum Gasteiger partial charge on any atom is -0.310 e. The summed E-state index contributed by atoms with van der Waals surface area (Å²) in [5.41, 5.74) is 3.65. The van der Waals surface area contributed by atoms with Gasteiger partial charge in [0.25, 0.3) is 0 Å². The van der Waals surface area contributed by atoms with Crippen LogP contribution in [-0.2, 0) is 34.2 Å². The Balaban J connectivity index is 1.58. The van der Waals surface area contributed by atoms with Crippen LogP contribution in [0.3, 0.4) is 0 Å². The van der Waals surface area contributed by atoms with Crippen molar-refractivity contribution in [3.05, 3.63) is 95.3 Å². The smallest absolute Gasteiger partial charge is 0.247 e. The highest BCUT2D eigenvalue weighted by Crippen LogP contribution is 2.34. The number of anilines is 1. The number of benzene rings is 3. The number of fused-ring (bicyclic) bond motifs is 2. The van der Waals surface area contributed by atoms with E-state index < -0.39 is 26.8 Å². The summed E-state index contributed by atoms with van der Waals surface area (Å²) in [4.78, 5) is 14.9. The van der Waals surface area contributed by atoms with E-state index in [1.807, 2.05) is 48.5 Å². The van der Waals surface area contributed by atoms with Crippen molar-refractivity contribution in [2.24, 2.45) is 0 Å². The van der Waals surface area contributed by atoms with Gasteiger partial charge >= 0.3 is 0 Å². The second kappa shape index (κ2) is 7.59. The van der Waals surface area contributed by atoms with Crippen molar-refractivity contribution in [2.45, 2.75) is 30.3 Å². The fourth-order valence-electron chi connectivity index (χ4n) is 4.49. The Kier molecular flexibility index (Phi) is 4.87. The van der Waals surface area contributed by atoms with E-state index in [1.54, 1.807) is 4.90 Å². The Hall–Kier alpha value is -3.03. The number of sulfonamides is 1. The fourth-order valence-corrected chi connectivity index (χ4v) is 6.12. The van der Waals surface area contributed by atoms with Crippen molar-refractivity contribution in [3.8, 4) is 0 Å². The van der Waals surface area contributed by atoms with E-state index in [4.69, 9.17) is 0 Å². The average Bonchev–Trinajstić information content (AvgIpc) is 3.22. The number of carbonyl (C=O) groups excluding carboxylic acids is 1. The first kappa shape index (κ1) is 19.9.